The maximum absolute atomic E-state index is 4.05. The standard InChI is InChI=1S/C3H6S3/c4-6-3-1-5-2-3/h3-4H,1-2H2. The van der Waals surface area contributed by atoms with E-state index in [4.69, 9.17) is 0 Å². The summed E-state index contributed by atoms with van der Waals surface area (Å²) in [5.41, 5.74) is 0. The van der Waals surface area contributed by atoms with E-state index < -0.39 is 0 Å². The van der Waals surface area contributed by atoms with E-state index in [2.05, 4.69) is 11.7 Å². The summed E-state index contributed by atoms with van der Waals surface area (Å²) in [6, 6.07) is 0. The van der Waals surface area contributed by atoms with Crippen molar-refractivity contribution in [2.45, 2.75) is 5.25 Å². The molecule has 0 spiro atoms. The summed E-state index contributed by atoms with van der Waals surface area (Å²) in [6.45, 7) is 0. The van der Waals surface area contributed by atoms with Crippen LogP contribution in [0, 0.1) is 0 Å². The van der Waals surface area contributed by atoms with E-state index in [1.807, 2.05) is 11.8 Å². The van der Waals surface area contributed by atoms with Crippen molar-refractivity contribution in [3.05, 3.63) is 0 Å². The molecule has 0 saturated carbocycles. The van der Waals surface area contributed by atoms with E-state index in [1.165, 1.54) is 11.5 Å². The summed E-state index contributed by atoms with van der Waals surface area (Å²) in [5, 5.41) is 0.860. The van der Waals surface area contributed by atoms with Crippen LogP contribution in [0.15, 0.2) is 0 Å². The van der Waals surface area contributed by atoms with Crippen molar-refractivity contribution < 1.29 is 0 Å². The molecule has 1 fully saturated rings. The summed E-state index contributed by atoms with van der Waals surface area (Å²) in [6.07, 6.45) is 0. The van der Waals surface area contributed by atoms with Crippen LogP contribution in [0.2, 0.25) is 0 Å². The van der Waals surface area contributed by atoms with E-state index in [0.717, 1.165) is 5.25 Å². The van der Waals surface area contributed by atoms with E-state index in [0.29, 0.717) is 0 Å². The molecule has 1 aliphatic heterocycles. The highest BCUT2D eigenvalue weighted by Gasteiger charge is 2.15. The molecule has 1 saturated heterocycles. The summed E-state index contributed by atoms with van der Waals surface area (Å²) in [7, 11) is 1.69. The number of hydrogen-bond donors (Lipinski definition) is 1. The fraction of sp³-hybridized carbons (Fsp3) is 1.00. The van der Waals surface area contributed by atoms with Gasteiger partial charge in [0.2, 0.25) is 0 Å². The van der Waals surface area contributed by atoms with Gasteiger partial charge >= 0.3 is 0 Å². The maximum atomic E-state index is 4.05. The normalized spacial score (nSPS) is 23.5. The molecule has 0 aliphatic carbocycles. The van der Waals surface area contributed by atoms with Gasteiger partial charge in [-0.1, -0.05) is 10.8 Å². The van der Waals surface area contributed by atoms with E-state index in [1.54, 1.807) is 10.8 Å². The van der Waals surface area contributed by atoms with Crippen LogP contribution in [-0.4, -0.2) is 16.8 Å². The first-order valence-corrected chi connectivity index (χ1v) is 4.90. The van der Waals surface area contributed by atoms with Gasteiger partial charge in [0.15, 0.2) is 0 Å². The van der Waals surface area contributed by atoms with Gasteiger partial charge in [0, 0.05) is 16.8 Å². The topological polar surface area (TPSA) is 0 Å². The van der Waals surface area contributed by atoms with Gasteiger partial charge in [0.25, 0.3) is 0 Å². The average molecular weight is 138 g/mol. The lowest BCUT2D eigenvalue weighted by Gasteiger charge is -2.20. The molecule has 0 aromatic carbocycles. The van der Waals surface area contributed by atoms with Crippen molar-refractivity contribution in [2.24, 2.45) is 0 Å². The highest BCUT2D eigenvalue weighted by Crippen LogP contribution is 2.30. The molecule has 1 rings (SSSR count). The third-order valence-electron chi connectivity index (χ3n) is 0.757. The van der Waals surface area contributed by atoms with Crippen molar-refractivity contribution in [2.75, 3.05) is 11.5 Å². The van der Waals surface area contributed by atoms with Crippen molar-refractivity contribution in [3.63, 3.8) is 0 Å². The highest BCUT2D eigenvalue weighted by atomic mass is 33.1. The minimum absolute atomic E-state index is 0.860. The molecule has 0 radical (unpaired) electrons. The molecule has 3 heteroatoms. The van der Waals surface area contributed by atoms with Gasteiger partial charge in [-0.15, -0.1) is 11.7 Å². The summed E-state index contributed by atoms with van der Waals surface area (Å²) in [4.78, 5) is 0. The van der Waals surface area contributed by atoms with Gasteiger partial charge in [0.1, 0.15) is 0 Å². The minimum atomic E-state index is 0.860. The first-order valence-electron chi connectivity index (χ1n) is 1.81. The zero-order valence-corrected chi connectivity index (χ0v) is 5.78. The quantitative estimate of drug-likeness (QED) is 0.432. The van der Waals surface area contributed by atoms with Crippen LogP contribution in [0.3, 0.4) is 0 Å². The Bertz CT molecular complexity index is 38.5. The molecule has 0 aromatic rings. The van der Waals surface area contributed by atoms with Gasteiger partial charge in [-0.3, -0.25) is 0 Å². The lowest BCUT2D eigenvalue weighted by Crippen LogP contribution is -2.18. The maximum Gasteiger partial charge on any atom is 0.0330 e. The molecule has 1 heterocycles. The second kappa shape index (κ2) is 2.38. The first-order chi connectivity index (χ1) is 2.93. The molecule has 6 heavy (non-hydrogen) atoms. The van der Waals surface area contributed by atoms with Crippen LogP contribution in [0.5, 0.6) is 0 Å². The van der Waals surface area contributed by atoms with E-state index >= 15 is 0 Å². The predicted octanol–water partition coefficient (Wildman–Crippen LogP) is 1.68. The van der Waals surface area contributed by atoms with Crippen LogP contribution in [0.25, 0.3) is 0 Å². The molecular weight excluding hydrogens is 132 g/mol. The average Bonchev–Trinajstić information content (AvgIpc) is 1.31. The molecule has 0 N–H and O–H groups in total. The first kappa shape index (κ1) is 5.19. The van der Waals surface area contributed by atoms with Crippen LogP contribution < -0.4 is 0 Å². The number of thiol groups is 1. The van der Waals surface area contributed by atoms with Crippen molar-refractivity contribution >= 4 is 34.2 Å². The van der Waals surface area contributed by atoms with Gasteiger partial charge < -0.3 is 0 Å². The van der Waals surface area contributed by atoms with Gasteiger partial charge in [0.05, 0.1) is 0 Å². The lowest BCUT2D eigenvalue weighted by molar-refractivity contribution is 1.09. The number of thioether (sulfide) groups is 1. The smallest absolute Gasteiger partial charge is 0.0330 e. The number of rotatable bonds is 1. The Morgan fingerprint density at radius 2 is 2.33 bits per heavy atom. The lowest BCUT2D eigenvalue weighted by atomic mass is 10.5. The van der Waals surface area contributed by atoms with Crippen molar-refractivity contribution in [1.82, 2.24) is 0 Å². The molecule has 0 atom stereocenters. The summed E-state index contributed by atoms with van der Waals surface area (Å²) in [5.74, 6) is 2.63. The Morgan fingerprint density at radius 1 is 1.67 bits per heavy atom. The third-order valence-corrected chi connectivity index (χ3v) is 3.98. The van der Waals surface area contributed by atoms with Crippen LogP contribution in [0.4, 0.5) is 0 Å². The molecule has 0 amide bonds. The fourth-order valence-corrected chi connectivity index (χ4v) is 2.86. The van der Waals surface area contributed by atoms with Crippen molar-refractivity contribution in [3.8, 4) is 0 Å². The number of hydrogen-bond acceptors (Lipinski definition) is 3. The van der Waals surface area contributed by atoms with Crippen LogP contribution >= 0.6 is 34.2 Å². The monoisotopic (exact) mass is 138 g/mol. The Balaban J connectivity index is 2.01. The van der Waals surface area contributed by atoms with Crippen LogP contribution in [-0.2, 0) is 0 Å². The second-order valence-electron chi connectivity index (χ2n) is 1.26. The van der Waals surface area contributed by atoms with Gasteiger partial charge in [-0.05, 0) is 0 Å². The zero-order valence-electron chi connectivity index (χ0n) is 3.26. The van der Waals surface area contributed by atoms with E-state index in [-0.39, 0.29) is 0 Å². The molecule has 0 unspecified atom stereocenters. The van der Waals surface area contributed by atoms with Gasteiger partial charge in [-0.2, -0.15) is 11.8 Å². The largest absolute Gasteiger partial charge is 0.160 e. The van der Waals surface area contributed by atoms with Crippen molar-refractivity contribution in [1.29, 1.82) is 0 Å². The van der Waals surface area contributed by atoms with Gasteiger partial charge in [-0.25, -0.2) is 0 Å². The highest BCUT2D eigenvalue weighted by molar-refractivity contribution is 8.69. The zero-order chi connectivity index (χ0) is 4.41. The third kappa shape index (κ3) is 1.01. The molecule has 0 nitrogen and oxygen atoms in total. The Kier molecular flexibility index (Phi) is 2.06. The summed E-state index contributed by atoms with van der Waals surface area (Å²) < 4.78 is 0. The molecular formula is C3H6S3. The fourth-order valence-electron chi connectivity index (χ4n) is 0.275. The molecule has 36 valence electrons. The SMILES string of the molecule is SSC1CSC1. The second-order valence-corrected chi connectivity index (χ2v) is 3.85. The van der Waals surface area contributed by atoms with E-state index in [9.17, 15) is 0 Å². The molecule has 0 aromatic heterocycles. The van der Waals surface area contributed by atoms with Crippen LogP contribution in [0.1, 0.15) is 0 Å². The Labute approximate surface area is 51.3 Å². The molecule has 0 bridgehead atoms. The predicted molar refractivity (Wildman–Crippen MR) is 37.7 cm³/mol. The minimum Gasteiger partial charge on any atom is -0.160 e. The summed E-state index contributed by atoms with van der Waals surface area (Å²) >= 11 is 6.05. The Hall–Kier alpha value is 1.05. The Morgan fingerprint density at radius 3 is 2.33 bits per heavy atom. The molecule has 1 aliphatic rings.